The fourth-order valence-corrected chi connectivity index (χ4v) is 3.00. The second-order valence-corrected chi connectivity index (χ2v) is 5.66. The molecule has 1 unspecified atom stereocenters. The van der Waals surface area contributed by atoms with Gasteiger partial charge in [-0.05, 0) is 29.7 Å². The summed E-state index contributed by atoms with van der Waals surface area (Å²) in [5.41, 5.74) is 1.85. The van der Waals surface area contributed by atoms with Crippen molar-refractivity contribution in [2.75, 3.05) is 6.54 Å². The van der Waals surface area contributed by atoms with Gasteiger partial charge in [-0.25, -0.2) is 0 Å². The fraction of sp³-hybridized carbons (Fsp3) is 0.333. The van der Waals surface area contributed by atoms with E-state index < -0.39 is 6.04 Å². The Labute approximate surface area is 135 Å². The second kappa shape index (κ2) is 6.69. The molecular weight excluding hydrogens is 292 g/mol. The Morgan fingerprint density at radius 2 is 2.13 bits per heavy atom. The van der Waals surface area contributed by atoms with Crippen LogP contribution in [0.4, 0.5) is 0 Å². The Kier molecular flexibility index (Phi) is 4.46. The van der Waals surface area contributed by atoms with E-state index in [1.165, 1.54) is 0 Å². The molecule has 1 aliphatic heterocycles. The molecule has 5 heteroatoms. The lowest BCUT2D eigenvalue weighted by Gasteiger charge is -2.36. The van der Waals surface area contributed by atoms with E-state index in [1.54, 1.807) is 17.2 Å². The van der Waals surface area contributed by atoms with E-state index in [4.69, 9.17) is 4.42 Å². The third-order valence-electron chi connectivity index (χ3n) is 4.05. The van der Waals surface area contributed by atoms with Crippen LogP contribution in [0.5, 0.6) is 0 Å². The number of hydrogen-bond donors (Lipinski definition) is 1. The lowest BCUT2D eigenvalue weighted by Crippen LogP contribution is -2.47. The molecule has 1 aromatic heterocycles. The van der Waals surface area contributed by atoms with E-state index in [9.17, 15) is 9.59 Å². The zero-order valence-electron chi connectivity index (χ0n) is 13.1. The highest BCUT2D eigenvalue weighted by atomic mass is 16.3. The van der Waals surface area contributed by atoms with E-state index in [0.717, 1.165) is 17.5 Å². The minimum atomic E-state index is -0.567. The third kappa shape index (κ3) is 3.13. The van der Waals surface area contributed by atoms with Crippen molar-refractivity contribution in [2.24, 2.45) is 0 Å². The van der Waals surface area contributed by atoms with Crippen molar-refractivity contribution in [3.63, 3.8) is 0 Å². The van der Waals surface area contributed by atoms with E-state index in [0.29, 0.717) is 25.3 Å². The highest BCUT2D eigenvalue weighted by Gasteiger charge is 2.36. The topological polar surface area (TPSA) is 62.6 Å². The number of fused-ring (bicyclic) bond motifs is 1. The van der Waals surface area contributed by atoms with E-state index in [-0.39, 0.29) is 11.8 Å². The van der Waals surface area contributed by atoms with Crippen molar-refractivity contribution in [3.8, 4) is 0 Å². The molecular formula is C18H20N2O3. The summed E-state index contributed by atoms with van der Waals surface area (Å²) in [7, 11) is 0. The average Bonchev–Trinajstić information content (AvgIpc) is 3.07. The predicted molar refractivity (Wildman–Crippen MR) is 85.4 cm³/mol. The predicted octanol–water partition coefficient (Wildman–Crippen LogP) is 2.43. The summed E-state index contributed by atoms with van der Waals surface area (Å²) in [6, 6.07) is 10.7. The smallest absolute Gasteiger partial charge is 0.247 e. The van der Waals surface area contributed by atoms with Gasteiger partial charge in [0.05, 0.1) is 19.2 Å². The third-order valence-corrected chi connectivity index (χ3v) is 4.05. The van der Waals surface area contributed by atoms with Crippen LogP contribution in [0.1, 0.15) is 36.3 Å². The van der Waals surface area contributed by atoms with Gasteiger partial charge in [0.2, 0.25) is 11.8 Å². The normalized spacial score (nSPS) is 17.0. The highest BCUT2D eigenvalue weighted by molar-refractivity contribution is 5.92. The molecule has 23 heavy (non-hydrogen) atoms. The Morgan fingerprint density at radius 3 is 2.87 bits per heavy atom. The fourth-order valence-electron chi connectivity index (χ4n) is 3.00. The van der Waals surface area contributed by atoms with Crippen LogP contribution in [0.3, 0.4) is 0 Å². The van der Waals surface area contributed by atoms with Gasteiger partial charge in [0.15, 0.2) is 0 Å². The molecule has 120 valence electrons. The lowest BCUT2D eigenvalue weighted by molar-refractivity contribution is -0.141. The molecule has 1 atom stereocenters. The SMILES string of the molecule is CCCN1C(=O)Cc2ccccc2C1C(=O)NCc1ccco1. The van der Waals surface area contributed by atoms with Crippen molar-refractivity contribution >= 4 is 11.8 Å². The minimum absolute atomic E-state index is 0.00342. The van der Waals surface area contributed by atoms with Crippen molar-refractivity contribution < 1.29 is 14.0 Å². The van der Waals surface area contributed by atoms with Crippen LogP contribution in [-0.2, 0) is 22.6 Å². The van der Waals surface area contributed by atoms with Gasteiger partial charge in [-0.1, -0.05) is 31.2 Å². The zero-order chi connectivity index (χ0) is 16.2. The molecule has 0 radical (unpaired) electrons. The van der Waals surface area contributed by atoms with Gasteiger partial charge in [-0.15, -0.1) is 0 Å². The number of nitrogens with zero attached hydrogens (tertiary/aromatic N) is 1. The first-order valence-electron chi connectivity index (χ1n) is 7.88. The van der Waals surface area contributed by atoms with Crippen LogP contribution in [0.25, 0.3) is 0 Å². The van der Waals surface area contributed by atoms with Crippen molar-refractivity contribution in [3.05, 3.63) is 59.5 Å². The number of carbonyl (C=O) groups excluding carboxylic acids is 2. The van der Waals surface area contributed by atoms with Gasteiger partial charge in [0.1, 0.15) is 11.8 Å². The van der Waals surface area contributed by atoms with Gasteiger partial charge in [-0.3, -0.25) is 9.59 Å². The van der Waals surface area contributed by atoms with Crippen LogP contribution >= 0.6 is 0 Å². The number of furan rings is 1. The summed E-state index contributed by atoms with van der Waals surface area (Å²) in [5, 5.41) is 2.88. The largest absolute Gasteiger partial charge is 0.467 e. The Morgan fingerprint density at radius 1 is 1.30 bits per heavy atom. The van der Waals surface area contributed by atoms with E-state index in [2.05, 4.69) is 5.32 Å². The maximum atomic E-state index is 12.7. The molecule has 0 spiro atoms. The van der Waals surface area contributed by atoms with Crippen molar-refractivity contribution in [2.45, 2.75) is 32.4 Å². The number of benzene rings is 1. The average molecular weight is 312 g/mol. The summed E-state index contributed by atoms with van der Waals surface area (Å²) in [6.45, 7) is 2.90. The summed E-state index contributed by atoms with van der Waals surface area (Å²) >= 11 is 0. The molecule has 1 aromatic carbocycles. The highest BCUT2D eigenvalue weighted by Crippen LogP contribution is 2.30. The Balaban J connectivity index is 1.85. The first kappa shape index (κ1) is 15.3. The first-order chi connectivity index (χ1) is 11.2. The number of rotatable bonds is 5. The monoisotopic (exact) mass is 312 g/mol. The van der Waals surface area contributed by atoms with E-state index in [1.807, 2.05) is 37.3 Å². The molecule has 2 aromatic rings. The number of nitrogens with one attached hydrogen (secondary N) is 1. The van der Waals surface area contributed by atoms with Crippen LogP contribution in [0.2, 0.25) is 0 Å². The number of hydrogen-bond acceptors (Lipinski definition) is 3. The quantitative estimate of drug-likeness (QED) is 0.922. The number of amides is 2. The van der Waals surface area contributed by atoms with Gasteiger partial charge >= 0.3 is 0 Å². The Hall–Kier alpha value is -2.56. The first-order valence-corrected chi connectivity index (χ1v) is 7.88. The summed E-state index contributed by atoms with van der Waals surface area (Å²) in [6.07, 6.45) is 2.75. The molecule has 0 fully saturated rings. The zero-order valence-corrected chi connectivity index (χ0v) is 13.1. The molecule has 2 amide bonds. The maximum Gasteiger partial charge on any atom is 0.247 e. The molecule has 2 heterocycles. The molecule has 5 nitrogen and oxygen atoms in total. The molecule has 1 aliphatic rings. The van der Waals surface area contributed by atoms with Crippen LogP contribution in [-0.4, -0.2) is 23.3 Å². The molecule has 0 aliphatic carbocycles. The standard InChI is InChI=1S/C18H20N2O3/c1-2-9-20-16(21)11-13-6-3-4-8-15(13)17(20)18(22)19-12-14-7-5-10-23-14/h3-8,10,17H,2,9,11-12H2,1H3,(H,19,22). The van der Waals surface area contributed by atoms with Gasteiger partial charge < -0.3 is 14.6 Å². The molecule has 3 rings (SSSR count). The van der Waals surface area contributed by atoms with Gasteiger partial charge in [0.25, 0.3) is 0 Å². The van der Waals surface area contributed by atoms with Crippen LogP contribution in [0.15, 0.2) is 47.1 Å². The van der Waals surface area contributed by atoms with Gasteiger partial charge in [0, 0.05) is 6.54 Å². The second-order valence-electron chi connectivity index (χ2n) is 5.66. The maximum absolute atomic E-state index is 12.7. The van der Waals surface area contributed by atoms with E-state index >= 15 is 0 Å². The molecule has 0 saturated heterocycles. The van der Waals surface area contributed by atoms with Crippen molar-refractivity contribution in [1.82, 2.24) is 10.2 Å². The number of carbonyl (C=O) groups is 2. The molecule has 0 saturated carbocycles. The Bertz CT molecular complexity index is 694. The van der Waals surface area contributed by atoms with Gasteiger partial charge in [-0.2, -0.15) is 0 Å². The summed E-state index contributed by atoms with van der Waals surface area (Å²) in [4.78, 5) is 26.8. The summed E-state index contributed by atoms with van der Waals surface area (Å²) in [5.74, 6) is 0.523. The molecule has 0 bridgehead atoms. The minimum Gasteiger partial charge on any atom is -0.467 e. The van der Waals surface area contributed by atoms with Crippen LogP contribution in [0, 0.1) is 0 Å². The lowest BCUT2D eigenvalue weighted by atomic mass is 9.91. The molecule has 1 N–H and O–H groups in total. The van der Waals surface area contributed by atoms with Crippen LogP contribution < -0.4 is 5.32 Å². The van der Waals surface area contributed by atoms with Crippen molar-refractivity contribution in [1.29, 1.82) is 0 Å². The summed E-state index contributed by atoms with van der Waals surface area (Å²) < 4.78 is 5.24.